The summed E-state index contributed by atoms with van der Waals surface area (Å²) in [6, 6.07) is 4.91. The number of hydrogen-bond donors (Lipinski definition) is 0. The van der Waals surface area contributed by atoms with Crippen LogP contribution >= 0.6 is 0 Å². The molecule has 116 valence electrons. The first-order valence-electron chi connectivity index (χ1n) is 6.94. The summed E-state index contributed by atoms with van der Waals surface area (Å²) >= 11 is 0. The molecule has 0 amide bonds. The summed E-state index contributed by atoms with van der Waals surface area (Å²) in [5.74, 6) is -0.477. The average molecular weight is 307 g/mol. The van der Waals surface area contributed by atoms with Gasteiger partial charge in [-0.05, 0) is 18.6 Å². The molecular weight excluding hydrogens is 292 g/mol. The molecule has 1 aliphatic rings. The molecule has 1 aromatic heterocycles. The standard InChI is InChI=1S/C15H15F2N3O2/c1-19-5-2-6-20-14(19)8-13(18-15(20)21)22-9-10-3-4-11(16)7-12(10)17/h3-4,7-8H,2,5-6,9H2,1H3. The van der Waals surface area contributed by atoms with Crippen LogP contribution < -0.4 is 15.3 Å². The van der Waals surface area contributed by atoms with Crippen LogP contribution in [0.15, 0.2) is 29.1 Å². The third-order valence-electron chi connectivity index (χ3n) is 3.62. The van der Waals surface area contributed by atoms with Crippen molar-refractivity contribution < 1.29 is 13.5 Å². The molecule has 0 spiro atoms. The summed E-state index contributed by atoms with van der Waals surface area (Å²) in [6.45, 7) is 1.35. The molecule has 1 aromatic carbocycles. The van der Waals surface area contributed by atoms with Gasteiger partial charge in [-0.25, -0.2) is 13.6 Å². The maximum Gasteiger partial charge on any atom is 0.352 e. The summed E-state index contributed by atoms with van der Waals surface area (Å²) < 4.78 is 33.4. The summed E-state index contributed by atoms with van der Waals surface area (Å²) in [6.07, 6.45) is 0.881. The summed E-state index contributed by atoms with van der Waals surface area (Å²) in [5.41, 5.74) is -0.187. The summed E-state index contributed by atoms with van der Waals surface area (Å²) in [4.78, 5) is 17.8. The number of hydrogen-bond acceptors (Lipinski definition) is 4. The summed E-state index contributed by atoms with van der Waals surface area (Å²) in [5, 5.41) is 0. The Morgan fingerprint density at radius 1 is 1.27 bits per heavy atom. The van der Waals surface area contributed by atoms with Crippen molar-refractivity contribution >= 4 is 5.82 Å². The Labute approximate surface area is 125 Å². The van der Waals surface area contributed by atoms with Crippen molar-refractivity contribution in [3.63, 3.8) is 0 Å². The number of aromatic nitrogens is 2. The lowest BCUT2D eigenvalue weighted by molar-refractivity contribution is 0.284. The Bertz CT molecular complexity index is 761. The quantitative estimate of drug-likeness (QED) is 0.869. The SMILES string of the molecule is CN1CCCn2c1cc(OCc1ccc(F)cc1F)nc2=O. The second-order valence-corrected chi connectivity index (χ2v) is 5.19. The van der Waals surface area contributed by atoms with E-state index in [1.54, 1.807) is 10.6 Å². The molecule has 0 saturated heterocycles. The molecule has 3 rings (SSSR count). The average Bonchev–Trinajstić information content (AvgIpc) is 2.47. The predicted octanol–water partition coefficient (Wildman–Crippen LogP) is 1.94. The highest BCUT2D eigenvalue weighted by atomic mass is 19.1. The van der Waals surface area contributed by atoms with Gasteiger partial charge in [-0.2, -0.15) is 4.98 Å². The van der Waals surface area contributed by atoms with E-state index in [0.29, 0.717) is 6.54 Å². The van der Waals surface area contributed by atoms with Gasteiger partial charge in [0.2, 0.25) is 5.88 Å². The number of anilines is 1. The van der Waals surface area contributed by atoms with E-state index in [9.17, 15) is 13.6 Å². The number of nitrogens with zero attached hydrogens (tertiary/aromatic N) is 3. The van der Waals surface area contributed by atoms with Crippen LogP contribution in [0.25, 0.3) is 0 Å². The van der Waals surface area contributed by atoms with Gasteiger partial charge < -0.3 is 9.64 Å². The van der Waals surface area contributed by atoms with E-state index in [0.717, 1.165) is 30.9 Å². The largest absolute Gasteiger partial charge is 0.472 e. The fraction of sp³-hybridized carbons (Fsp3) is 0.333. The molecule has 0 aliphatic carbocycles. The van der Waals surface area contributed by atoms with E-state index in [1.165, 1.54) is 6.07 Å². The molecule has 0 unspecified atom stereocenters. The third-order valence-corrected chi connectivity index (χ3v) is 3.62. The van der Waals surface area contributed by atoms with Gasteiger partial charge in [-0.1, -0.05) is 0 Å². The first kappa shape index (κ1) is 14.5. The van der Waals surface area contributed by atoms with E-state index in [-0.39, 0.29) is 18.1 Å². The van der Waals surface area contributed by atoms with E-state index in [1.807, 2.05) is 11.9 Å². The Hall–Kier alpha value is -2.44. The van der Waals surface area contributed by atoms with Crippen LogP contribution in [0.3, 0.4) is 0 Å². The van der Waals surface area contributed by atoms with Crippen molar-refractivity contribution in [2.24, 2.45) is 0 Å². The van der Waals surface area contributed by atoms with Crippen LogP contribution in [0.1, 0.15) is 12.0 Å². The Kier molecular flexibility index (Phi) is 3.79. The van der Waals surface area contributed by atoms with E-state index < -0.39 is 17.3 Å². The Balaban J connectivity index is 1.82. The minimum absolute atomic E-state index is 0.119. The fourth-order valence-corrected chi connectivity index (χ4v) is 2.44. The third kappa shape index (κ3) is 2.79. The molecule has 0 radical (unpaired) electrons. The van der Waals surface area contributed by atoms with Gasteiger partial charge in [-0.15, -0.1) is 0 Å². The number of fused-ring (bicyclic) bond motifs is 1. The van der Waals surface area contributed by atoms with Gasteiger partial charge in [-0.3, -0.25) is 4.57 Å². The lowest BCUT2D eigenvalue weighted by atomic mass is 10.2. The molecule has 0 atom stereocenters. The second kappa shape index (κ2) is 5.75. The molecule has 0 N–H and O–H groups in total. The van der Waals surface area contributed by atoms with Crippen molar-refractivity contribution in [1.82, 2.24) is 9.55 Å². The lowest BCUT2D eigenvalue weighted by Crippen LogP contribution is -2.36. The maximum absolute atomic E-state index is 13.6. The predicted molar refractivity (Wildman–Crippen MR) is 77.1 cm³/mol. The van der Waals surface area contributed by atoms with E-state index >= 15 is 0 Å². The number of ether oxygens (including phenoxy) is 1. The van der Waals surface area contributed by atoms with E-state index in [2.05, 4.69) is 4.98 Å². The van der Waals surface area contributed by atoms with Crippen LogP contribution in [0.4, 0.5) is 14.6 Å². The van der Waals surface area contributed by atoms with Gasteiger partial charge in [0.15, 0.2) is 0 Å². The molecule has 2 aromatic rings. The zero-order valence-corrected chi connectivity index (χ0v) is 12.1. The highest BCUT2D eigenvalue weighted by molar-refractivity contribution is 5.42. The van der Waals surface area contributed by atoms with Gasteiger partial charge >= 0.3 is 5.69 Å². The zero-order chi connectivity index (χ0) is 15.7. The monoisotopic (exact) mass is 307 g/mol. The molecule has 5 nitrogen and oxygen atoms in total. The molecule has 2 heterocycles. The minimum Gasteiger partial charge on any atom is -0.472 e. The van der Waals surface area contributed by atoms with Gasteiger partial charge in [0.25, 0.3) is 0 Å². The molecule has 7 heteroatoms. The normalized spacial score (nSPS) is 13.9. The summed E-state index contributed by atoms with van der Waals surface area (Å²) in [7, 11) is 1.88. The van der Waals surface area contributed by atoms with Crippen molar-refractivity contribution in [1.29, 1.82) is 0 Å². The minimum atomic E-state index is -0.688. The van der Waals surface area contributed by atoms with Crippen LogP contribution in [-0.2, 0) is 13.2 Å². The molecule has 0 bridgehead atoms. The van der Waals surface area contributed by atoms with E-state index in [4.69, 9.17) is 4.74 Å². The molecular formula is C15H15F2N3O2. The first-order valence-corrected chi connectivity index (χ1v) is 6.94. The number of benzene rings is 1. The molecule has 22 heavy (non-hydrogen) atoms. The lowest BCUT2D eigenvalue weighted by Gasteiger charge is -2.28. The Morgan fingerprint density at radius 3 is 2.86 bits per heavy atom. The van der Waals surface area contributed by atoms with Crippen molar-refractivity contribution in [3.8, 4) is 5.88 Å². The van der Waals surface area contributed by atoms with Crippen LogP contribution in [0.5, 0.6) is 5.88 Å². The molecule has 0 saturated carbocycles. The van der Waals surface area contributed by atoms with Crippen LogP contribution in [0.2, 0.25) is 0 Å². The number of halogens is 2. The zero-order valence-electron chi connectivity index (χ0n) is 12.1. The van der Waals surface area contributed by atoms with Crippen molar-refractivity contribution in [2.75, 3.05) is 18.5 Å². The van der Waals surface area contributed by atoms with Gasteiger partial charge in [0.05, 0.1) is 0 Å². The Morgan fingerprint density at radius 2 is 2.09 bits per heavy atom. The van der Waals surface area contributed by atoms with Crippen molar-refractivity contribution in [3.05, 3.63) is 51.9 Å². The van der Waals surface area contributed by atoms with Crippen molar-refractivity contribution in [2.45, 2.75) is 19.6 Å². The second-order valence-electron chi connectivity index (χ2n) is 5.19. The topological polar surface area (TPSA) is 47.4 Å². The van der Waals surface area contributed by atoms with Crippen LogP contribution in [0, 0.1) is 11.6 Å². The highest BCUT2D eigenvalue weighted by Crippen LogP contribution is 2.21. The van der Waals surface area contributed by atoms with Crippen LogP contribution in [-0.4, -0.2) is 23.1 Å². The molecule has 1 aliphatic heterocycles. The fourth-order valence-electron chi connectivity index (χ4n) is 2.44. The first-order chi connectivity index (χ1) is 10.5. The van der Waals surface area contributed by atoms with Gasteiger partial charge in [0.1, 0.15) is 24.1 Å². The molecule has 0 fully saturated rings. The number of rotatable bonds is 3. The highest BCUT2D eigenvalue weighted by Gasteiger charge is 2.17. The van der Waals surface area contributed by atoms with Gasteiger partial charge in [0, 0.05) is 37.8 Å². The smallest absolute Gasteiger partial charge is 0.352 e. The maximum atomic E-state index is 13.6.